The van der Waals surface area contributed by atoms with Gasteiger partial charge in [0, 0.05) is 85.2 Å². The number of methoxy groups -OCH3 is 2. The Morgan fingerprint density at radius 3 is 1.63 bits per heavy atom. The molecule has 22 nitrogen and oxygen atoms in total. The molecule has 2 amide bonds. The van der Waals surface area contributed by atoms with Crippen LogP contribution in [0.3, 0.4) is 0 Å². The minimum atomic E-state index is -1.30. The molecule has 5 fully saturated rings. The lowest BCUT2D eigenvalue weighted by atomic mass is 9.48. The Kier molecular flexibility index (Phi) is 25.7. The van der Waals surface area contributed by atoms with Gasteiger partial charge in [0.1, 0.15) is 17.0 Å². The summed E-state index contributed by atoms with van der Waals surface area (Å²) in [5.74, 6) is -0.939. The summed E-state index contributed by atoms with van der Waals surface area (Å²) in [6, 6.07) is 13.6. The average molecular weight is 1130 g/mol. The molecule has 1 saturated heterocycles. The minimum absolute atomic E-state index is 0.000446. The van der Waals surface area contributed by atoms with Crippen molar-refractivity contribution in [2.45, 2.75) is 84.1 Å². The van der Waals surface area contributed by atoms with Gasteiger partial charge < -0.3 is 59.7 Å². The molecule has 8 rings (SSSR count). The van der Waals surface area contributed by atoms with Gasteiger partial charge in [-0.1, -0.05) is 33.8 Å². The summed E-state index contributed by atoms with van der Waals surface area (Å²) < 4.78 is 13.4. The number of ether oxygens (including phenoxy) is 2. The molecular weight excluding hydrogens is 1040 g/mol. The maximum atomic E-state index is 14.4. The van der Waals surface area contributed by atoms with Crippen LogP contribution in [0.5, 0.6) is 11.5 Å². The fourth-order valence-electron chi connectivity index (χ4n) is 12.5. The average Bonchev–Trinajstić information content (AvgIpc) is 4.03. The van der Waals surface area contributed by atoms with Crippen LogP contribution in [0.15, 0.2) is 42.5 Å². The van der Waals surface area contributed by atoms with Crippen molar-refractivity contribution in [1.82, 2.24) is 44.5 Å². The number of anilines is 1. The number of rotatable bonds is 24. The highest BCUT2D eigenvalue weighted by Crippen LogP contribution is 2.58. The van der Waals surface area contributed by atoms with Crippen molar-refractivity contribution in [2.75, 3.05) is 145 Å². The molecule has 0 spiro atoms. The Labute approximate surface area is 478 Å². The quantitative estimate of drug-likeness (QED) is 0.0737. The van der Waals surface area contributed by atoms with Crippen molar-refractivity contribution in [1.29, 1.82) is 0 Å². The maximum Gasteiger partial charge on any atom is 0.330 e. The van der Waals surface area contributed by atoms with Gasteiger partial charge in [0.15, 0.2) is 5.69 Å². The normalized spacial score (nSPS) is 21.6. The van der Waals surface area contributed by atoms with E-state index < -0.39 is 29.4 Å². The van der Waals surface area contributed by atoms with Crippen LogP contribution in [-0.2, 0) is 24.0 Å². The van der Waals surface area contributed by atoms with Crippen LogP contribution in [0.2, 0.25) is 0 Å². The summed E-state index contributed by atoms with van der Waals surface area (Å²) in [7, 11) is 9.22. The number of hydrogen-bond acceptors (Lipinski definition) is 15. The van der Waals surface area contributed by atoms with E-state index in [9.17, 15) is 29.1 Å². The van der Waals surface area contributed by atoms with Gasteiger partial charge in [0.05, 0.1) is 44.3 Å². The van der Waals surface area contributed by atoms with E-state index in [-0.39, 0.29) is 43.0 Å². The zero-order chi connectivity index (χ0) is 59.4. The molecule has 4 aliphatic carbocycles. The Bertz CT molecular complexity index is 2440. The van der Waals surface area contributed by atoms with Crippen LogP contribution in [0.4, 0.5) is 5.69 Å². The summed E-state index contributed by atoms with van der Waals surface area (Å²) in [6.45, 7) is 19.7. The number of hydrogen-bond donors (Lipinski definition) is 5. The van der Waals surface area contributed by atoms with Gasteiger partial charge in [-0.05, 0) is 150 Å². The van der Waals surface area contributed by atoms with E-state index in [1.807, 2.05) is 34.1 Å². The predicted octanol–water partition coefficient (Wildman–Crippen LogP) is 5.04. The SMILES string of the molecule is CCN1CCN(CC)CCN(CC(=O)O)CCN(CC(=O)O)CC1.COc1cccc(OC)c1-c1cc(C(=O)NC2(C(=O)O)C3CC4CC(C3)CC2C4)nn1-c1ccc(N(C)CCCN(C)CCCN(C)C=O)cc1C(C)C.O=CO. The van der Waals surface area contributed by atoms with Crippen molar-refractivity contribution in [3.63, 3.8) is 0 Å². The number of carbonyl (C=O) groups is 6. The molecule has 5 aliphatic rings. The number of nitrogens with zero attached hydrogens (tertiary/aromatic N) is 9. The summed E-state index contributed by atoms with van der Waals surface area (Å²) in [5.41, 5.74) is 3.03. The molecule has 2 heterocycles. The van der Waals surface area contributed by atoms with E-state index in [1.165, 1.54) is 6.42 Å². The summed E-state index contributed by atoms with van der Waals surface area (Å²) >= 11 is 0. The standard InChI is InChI=1S/C42H58N6O6.C16H32N4O4.CH2O2/c1-27(2)33-24-32(47(5)18-10-16-45(3)15-9-17-46(4)26-49)13-14-35(33)48-36(39-37(53-6)11-8-12-38(39)54-7)25-34(44-48)40(50)43-42(41(51)52)30-20-28-19-29(22-30)23-31(42)21-28;1-3-17-5-6-18(4-2)8-10-20(14-16(23)24)12-11-19(9-7-17)13-15(21)22;2-1-3/h8,11-14,24-31H,9-10,15-23H2,1-7H3,(H,43,50)(H,51,52);3-14H2,1-2H3,(H,21,22)(H,23,24);1H,(H,2,3). The first-order valence-electron chi connectivity index (χ1n) is 28.7. The molecule has 3 aromatic rings. The molecule has 22 heteroatoms. The molecule has 5 N–H and O–H groups in total. The van der Waals surface area contributed by atoms with Crippen LogP contribution in [0, 0.1) is 23.7 Å². The van der Waals surface area contributed by atoms with Gasteiger partial charge in [-0.2, -0.15) is 5.10 Å². The van der Waals surface area contributed by atoms with Crippen molar-refractivity contribution < 1.29 is 58.7 Å². The lowest BCUT2D eigenvalue weighted by Gasteiger charge is -2.59. The van der Waals surface area contributed by atoms with Crippen LogP contribution in [0.25, 0.3) is 16.9 Å². The Morgan fingerprint density at radius 2 is 1.20 bits per heavy atom. The van der Waals surface area contributed by atoms with Crippen LogP contribution < -0.4 is 19.7 Å². The maximum absolute atomic E-state index is 14.4. The van der Waals surface area contributed by atoms with E-state index in [1.54, 1.807) is 36.9 Å². The van der Waals surface area contributed by atoms with E-state index in [4.69, 9.17) is 34.7 Å². The number of carbonyl (C=O) groups excluding carboxylic acids is 2. The first-order chi connectivity index (χ1) is 38.7. The highest BCUT2D eigenvalue weighted by Gasteiger charge is 2.62. The van der Waals surface area contributed by atoms with E-state index in [2.05, 4.69) is 78.8 Å². The van der Waals surface area contributed by atoms with E-state index >= 15 is 0 Å². The monoisotopic (exact) mass is 1130 g/mol. The minimum Gasteiger partial charge on any atom is -0.496 e. The first kappa shape index (κ1) is 65.5. The fraction of sp³-hybridized carbons (Fsp3) is 0.644. The number of likely N-dealkylation sites (N-methyl/N-ethyl adjacent to an activating group) is 2. The Balaban J connectivity index is 0.000000373. The van der Waals surface area contributed by atoms with Gasteiger partial charge in [0.2, 0.25) is 6.41 Å². The van der Waals surface area contributed by atoms with E-state index in [0.717, 1.165) is 127 Å². The molecule has 2 aromatic carbocycles. The number of nitrogens with one attached hydrogen (secondary N) is 1. The van der Waals surface area contributed by atoms with Crippen LogP contribution >= 0.6 is 0 Å². The molecule has 1 aliphatic heterocycles. The van der Waals surface area contributed by atoms with Crippen molar-refractivity contribution in [3.05, 3.63) is 53.7 Å². The predicted molar refractivity (Wildman–Crippen MR) is 311 cm³/mol. The first-order valence-corrected chi connectivity index (χ1v) is 28.7. The number of carboxylic acid groups (broad SMARTS) is 4. The lowest BCUT2D eigenvalue weighted by molar-refractivity contribution is -0.163. The Morgan fingerprint density at radius 1 is 0.716 bits per heavy atom. The largest absolute Gasteiger partial charge is 0.496 e. The molecule has 4 saturated carbocycles. The second-order valence-corrected chi connectivity index (χ2v) is 22.5. The zero-order valence-corrected chi connectivity index (χ0v) is 49.4. The molecule has 4 bridgehead atoms. The zero-order valence-electron chi connectivity index (χ0n) is 49.4. The number of carboxylic acids is 3. The number of aliphatic carboxylic acids is 3. The summed E-state index contributed by atoms with van der Waals surface area (Å²) in [6.07, 6.45) is 7.32. The second-order valence-electron chi connectivity index (χ2n) is 22.5. The summed E-state index contributed by atoms with van der Waals surface area (Å²) in [4.78, 5) is 83.6. The van der Waals surface area contributed by atoms with Crippen molar-refractivity contribution in [3.8, 4) is 28.4 Å². The van der Waals surface area contributed by atoms with E-state index in [0.29, 0.717) is 60.8 Å². The third-order valence-electron chi connectivity index (χ3n) is 16.8. The second kappa shape index (κ2) is 31.8. The van der Waals surface area contributed by atoms with Crippen LogP contribution in [0.1, 0.15) is 94.6 Å². The van der Waals surface area contributed by atoms with Gasteiger partial charge in [0.25, 0.3) is 12.4 Å². The topological polar surface area (TPSA) is 254 Å². The molecule has 1 aromatic heterocycles. The third-order valence-corrected chi connectivity index (χ3v) is 16.8. The molecule has 0 radical (unpaired) electrons. The highest BCUT2D eigenvalue weighted by molar-refractivity contribution is 5.98. The molecule has 81 heavy (non-hydrogen) atoms. The molecular formula is C59H92N10O12. The van der Waals surface area contributed by atoms with Gasteiger partial charge in [-0.15, -0.1) is 0 Å². The lowest BCUT2D eigenvalue weighted by Crippen LogP contribution is -2.70. The molecule has 0 unspecified atom stereocenters. The molecule has 450 valence electrons. The highest BCUT2D eigenvalue weighted by atomic mass is 16.5. The number of aromatic nitrogens is 2. The Hall–Kier alpha value is -6.33. The number of amides is 2. The third kappa shape index (κ3) is 17.8. The van der Waals surface area contributed by atoms with Gasteiger partial charge >= 0.3 is 17.9 Å². The smallest absolute Gasteiger partial charge is 0.330 e. The van der Waals surface area contributed by atoms with Crippen LogP contribution in [-0.4, -0.2) is 242 Å². The number of benzene rings is 2. The van der Waals surface area contributed by atoms with Crippen molar-refractivity contribution >= 4 is 42.4 Å². The summed E-state index contributed by atoms with van der Waals surface area (Å²) in [5, 5.41) is 43.9. The molecule has 0 atom stereocenters. The van der Waals surface area contributed by atoms with Gasteiger partial charge in [-0.3, -0.25) is 33.8 Å². The fourth-order valence-corrected chi connectivity index (χ4v) is 12.5. The van der Waals surface area contributed by atoms with Crippen molar-refractivity contribution in [2.24, 2.45) is 23.7 Å². The van der Waals surface area contributed by atoms with Gasteiger partial charge in [-0.25, -0.2) is 9.48 Å².